The van der Waals surface area contributed by atoms with Crippen molar-refractivity contribution in [3.05, 3.63) is 71.8 Å². The molecule has 2 heterocycles. The van der Waals surface area contributed by atoms with E-state index in [-0.39, 0.29) is 10.8 Å². The number of sulfonamides is 1. The van der Waals surface area contributed by atoms with Crippen molar-refractivity contribution in [2.75, 3.05) is 31.5 Å². The van der Waals surface area contributed by atoms with Crippen LogP contribution in [0.3, 0.4) is 0 Å². The molecule has 0 radical (unpaired) electrons. The van der Waals surface area contributed by atoms with E-state index < -0.39 is 22.1 Å². The van der Waals surface area contributed by atoms with Crippen molar-refractivity contribution in [3.8, 4) is 0 Å². The Bertz CT molecular complexity index is 1430. The summed E-state index contributed by atoms with van der Waals surface area (Å²) in [5.74, 6) is -0.264. The molecule has 2 aliphatic rings. The maximum atomic E-state index is 14.2. The zero-order valence-corrected chi connectivity index (χ0v) is 21.8. The third-order valence-corrected chi connectivity index (χ3v) is 9.15. The number of aryl methyl sites for hydroxylation is 1. The number of urea groups is 1. The lowest BCUT2D eigenvalue weighted by molar-refractivity contribution is 0.102. The normalized spacial score (nSPS) is 16.6. The molecule has 0 unspecified atom stereocenters. The lowest BCUT2D eigenvalue weighted by Gasteiger charge is -2.36. The molecule has 0 spiro atoms. The number of anilines is 1. The molecule has 3 aromatic carbocycles. The number of rotatable bonds is 5. The fourth-order valence-electron chi connectivity index (χ4n) is 5.27. The second-order valence-electron chi connectivity index (χ2n) is 9.68. The number of amides is 3. The highest BCUT2D eigenvalue weighted by atomic mass is 32.2. The molecular weight excluding hydrogens is 488 g/mol. The first-order chi connectivity index (χ1) is 17.9. The predicted octanol–water partition coefficient (Wildman–Crippen LogP) is 4.36. The molecule has 2 N–H and O–H groups in total. The van der Waals surface area contributed by atoms with E-state index in [2.05, 4.69) is 10.6 Å². The summed E-state index contributed by atoms with van der Waals surface area (Å²) in [7, 11) is -4.17. The number of hydrogen-bond acceptors (Lipinski definition) is 5. The van der Waals surface area contributed by atoms with Gasteiger partial charge in [0.2, 0.25) is 0 Å². The minimum absolute atomic E-state index is 0.0723. The summed E-state index contributed by atoms with van der Waals surface area (Å²) >= 11 is 0. The van der Waals surface area contributed by atoms with Crippen LogP contribution in [0.5, 0.6) is 0 Å². The van der Waals surface area contributed by atoms with Crippen molar-refractivity contribution in [3.63, 3.8) is 0 Å². The minimum atomic E-state index is -4.17. The third-order valence-electron chi connectivity index (χ3n) is 7.26. The number of nitrogens with one attached hydrogen (secondary N) is 2. The van der Waals surface area contributed by atoms with Gasteiger partial charge in [-0.1, -0.05) is 42.5 Å². The van der Waals surface area contributed by atoms with Crippen molar-refractivity contribution in [1.82, 2.24) is 14.5 Å². The summed E-state index contributed by atoms with van der Waals surface area (Å²) in [6.07, 6.45) is 2.90. The van der Waals surface area contributed by atoms with E-state index in [9.17, 15) is 18.0 Å². The van der Waals surface area contributed by atoms with Crippen LogP contribution in [0.1, 0.15) is 41.6 Å². The smallest absolute Gasteiger partial charge is 0.324 e. The topological polar surface area (TPSA) is 98.8 Å². The van der Waals surface area contributed by atoms with Gasteiger partial charge in [-0.15, -0.1) is 0 Å². The molecular formula is C28H32N4O4S. The summed E-state index contributed by atoms with van der Waals surface area (Å²) in [6, 6.07) is 16.7. The number of carbonyl (C=O) groups excluding carboxylic acids is 2. The van der Waals surface area contributed by atoms with Crippen LogP contribution in [0, 0.1) is 6.92 Å². The zero-order chi connectivity index (χ0) is 26.0. The molecule has 2 saturated heterocycles. The van der Waals surface area contributed by atoms with Gasteiger partial charge in [-0.3, -0.25) is 4.79 Å². The van der Waals surface area contributed by atoms with Crippen molar-refractivity contribution in [2.24, 2.45) is 0 Å². The Labute approximate surface area is 217 Å². The van der Waals surface area contributed by atoms with Crippen LogP contribution in [-0.2, 0) is 10.0 Å². The van der Waals surface area contributed by atoms with E-state index in [0.29, 0.717) is 61.0 Å². The standard InChI is InChI=1S/C28H32N4O4S/c1-20-8-2-3-9-22(20)27(33)30-25-12-13-26(24-11-5-4-10-23(24)25)37(35,36)32(21-14-16-29-17-15-21)28(34)31-18-6-7-19-31/h2-5,8-13,21,29H,6-7,14-19H2,1H3,(H,30,33). The Balaban J connectivity index is 1.55. The first-order valence-electron chi connectivity index (χ1n) is 12.8. The van der Waals surface area contributed by atoms with E-state index >= 15 is 0 Å². The van der Waals surface area contributed by atoms with Crippen LogP contribution in [0.15, 0.2) is 65.6 Å². The van der Waals surface area contributed by atoms with Crippen molar-refractivity contribution in [1.29, 1.82) is 0 Å². The van der Waals surface area contributed by atoms with Crippen LogP contribution >= 0.6 is 0 Å². The third kappa shape index (κ3) is 4.93. The number of hydrogen-bond donors (Lipinski definition) is 2. The number of piperidine rings is 1. The van der Waals surface area contributed by atoms with Gasteiger partial charge in [-0.2, -0.15) is 0 Å². The fraction of sp³-hybridized carbons (Fsp3) is 0.357. The zero-order valence-electron chi connectivity index (χ0n) is 20.9. The van der Waals surface area contributed by atoms with Crippen LogP contribution in [0.25, 0.3) is 10.8 Å². The number of benzene rings is 3. The monoisotopic (exact) mass is 520 g/mol. The predicted molar refractivity (Wildman–Crippen MR) is 144 cm³/mol. The lowest BCUT2D eigenvalue weighted by atomic mass is 10.1. The van der Waals surface area contributed by atoms with E-state index in [4.69, 9.17) is 0 Å². The van der Waals surface area contributed by atoms with E-state index in [1.165, 1.54) is 6.07 Å². The summed E-state index contributed by atoms with van der Waals surface area (Å²) < 4.78 is 29.6. The number of carbonyl (C=O) groups is 2. The number of fused-ring (bicyclic) bond motifs is 1. The molecule has 37 heavy (non-hydrogen) atoms. The van der Waals surface area contributed by atoms with E-state index in [1.54, 1.807) is 35.2 Å². The summed E-state index contributed by atoms with van der Waals surface area (Å²) in [5, 5.41) is 7.28. The highest BCUT2D eigenvalue weighted by Gasteiger charge is 2.40. The maximum absolute atomic E-state index is 14.2. The van der Waals surface area contributed by atoms with Gasteiger partial charge in [0.25, 0.3) is 15.9 Å². The van der Waals surface area contributed by atoms with Gasteiger partial charge in [0, 0.05) is 35.1 Å². The first-order valence-corrected chi connectivity index (χ1v) is 14.2. The molecule has 0 aliphatic carbocycles. The SMILES string of the molecule is Cc1ccccc1C(=O)Nc1ccc(S(=O)(=O)N(C(=O)N2CCCC2)C2CCNCC2)c2ccccc12. The molecule has 5 rings (SSSR count). The molecule has 0 saturated carbocycles. The molecule has 8 nitrogen and oxygen atoms in total. The minimum Gasteiger partial charge on any atom is -0.324 e. The van der Waals surface area contributed by atoms with Gasteiger partial charge >= 0.3 is 6.03 Å². The average Bonchev–Trinajstić information content (AvgIpc) is 3.45. The molecule has 194 valence electrons. The Morgan fingerprint density at radius 3 is 2.27 bits per heavy atom. The van der Waals surface area contributed by atoms with Crippen LogP contribution in [-0.4, -0.2) is 61.8 Å². The quantitative estimate of drug-likeness (QED) is 0.521. The molecule has 0 aromatic heterocycles. The Kier molecular flexibility index (Phi) is 7.17. The van der Waals surface area contributed by atoms with Gasteiger partial charge in [0.15, 0.2) is 0 Å². The van der Waals surface area contributed by atoms with E-state index in [0.717, 1.165) is 22.7 Å². The number of nitrogens with zero attached hydrogens (tertiary/aromatic N) is 2. The van der Waals surface area contributed by atoms with Gasteiger partial charge in [-0.05, 0) is 69.5 Å². The fourth-order valence-corrected chi connectivity index (χ4v) is 7.11. The first kappa shape index (κ1) is 25.2. The highest BCUT2D eigenvalue weighted by Crippen LogP contribution is 2.34. The summed E-state index contributed by atoms with van der Waals surface area (Å²) in [5.41, 5.74) is 1.92. The molecule has 3 aromatic rings. The highest BCUT2D eigenvalue weighted by molar-refractivity contribution is 7.90. The van der Waals surface area contributed by atoms with Crippen molar-refractivity contribution in [2.45, 2.75) is 43.5 Å². The summed E-state index contributed by atoms with van der Waals surface area (Å²) in [4.78, 5) is 28.3. The van der Waals surface area contributed by atoms with Gasteiger partial charge in [0.05, 0.1) is 10.9 Å². The van der Waals surface area contributed by atoms with Crippen LogP contribution in [0.4, 0.5) is 10.5 Å². The summed E-state index contributed by atoms with van der Waals surface area (Å²) in [6.45, 7) is 4.33. The van der Waals surface area contributed by atoms with Gasteiger partial charge in [-0.25, -0.2) is 17.5 Å². The second-order valence-corrected chi connectivity index (χ2v) is 11.5. The molecule has 2 aliphatic heterocycles. The maximum Gasteiger partial charge on any atom is 0.334 e. The number of likely N-dealkylation sites (tertiary alicyclic amines) is 1. The van der Waals surface area contributed by atoms with Gasteiger partial charge < -0.3 is 15.5 Å². The Morgan fingerprint density at radius 1 is 0.919 bits per heavy atom. The lowest BCUT2D eigenvalue weighted by Crippen LogP contribution is -2.53. The Hall–Kier alpha value is -3.43. The largest absolute Gasteiger partial charge is 0.334 e. The molecule has 0 atom stereocenters. The molecule has 0 bridgehead atoms. The van der Waals surface area contributed by atoms with Gasteiger partial charge in [0.1, 0.15) is 0 Å². The second kappa shape index (κ2) is 10.5. The average molecular weight is 521 g/mol. The van der Waals surface area contributed by atoms with Crippen LogP contribution < -0.4 is 10.6 Å². The van der Waals surface area contributed by atoms with Crippen molar-refractivity contribution >= 4 is 38.4 Å². The van der Waals surface area contributed by atoms with Crippen LogP contribution in [0.2, 0.25) is 0 Å². The van der Waals surface area contributed by atoms with Crippen molar-refractivity contribution < 1.29 is 18.0 Å². The Morgan fingerprint density at radius 2 is 1.57 bits per heavy atom. The molecule has 9 heteroatoms. The van der Waals surface area contributed by atoms with E-state index in [1.807, 2.05) is 31.2 Å². The molecule has 3 amide bonds. The molecule has 2 fully saturated rings.